The Labute approximate surface area is 181 Å². The van der Waals surface area contributed by atoms with Gasteiger partial charge < -0.3 is 10.6 Å². The van der Waals surface area contributed by atoms with Crippen molar-refractivity contribution in [2.24, 2.45) is 5.92 Å². The molecular weight excluding hydrogens is 390 g/mol. The molecule has 1 aliphatic rings. The van der Waals surface area contributed by atoms with Gasteiger partial charge in [-0.2, -0.15) is 5.10 Å². The fraction of sp³-hybridized carbons (Fsp3) is 0.333. The Hall–Kier alpha value is -3.48. The summed E-state index contributed by atoms with van der Waals surface area (Å²) in [6, 6.07) is 15.0. The van der Waals surface area contributed by atoms with E-state index in [2.05, 4.69) is 20.7 Å². The number of hydrogen-bond donors (Lipinski definition) is 2. The quantitative estimate of drug-likeness (QED) is 0.612. The number of anilines is 1. The second-order valence-electron chi connectivity index (χ2n) is 7.95. The summed E-state index contributed by atoms with van der Waals surface area (Å²) >= 11 is 0. The summed E-state index contributed by atoms with van der Waals surface area (Å²) in [6.07, 6.45) is 8.49. The summed E-state index contributed by atoms with van der Waals surface area (Å²) in [5.74, 6) is -0.0451. The van der Waals surface area contributed by atoms with Crippen molar-refractivity contribution in [2.45, 2.75) is 45.2 Å². The van der Waals surface area contributed by atoms with Gasteiger partial charge in [0, 0.05) is 23.7 Å². The lowest BCUT2D eigenvalue weighted by molar-refractivity contribution is -0.120. The highest BCUT2D eigenvalue weighted by Crippen LogP contribution is 2.25. The van der Waals surface area contributed by atoms with Crippen molar-refractivity contribution in [1.29, 1.82) is 0 Å². The number of carbonyl (C=O) groups is 2. The van der Waals surface area contributed by atoms with Crippen LogP contribution in [0.25, 0.3) is 0 Å². The molecule has 31 heavy (non-hydrogen) atoms. The molecule has 0 radical (unpaired) electrons. The lowest BCUT2D eigenvalue weighted by Crippen LogP contribution is -2.26. The maximum Gasteiger partial charge on any atom is 0.251 e. The molecule has 1 fully saturated rings. The molecule has 0 aliphatic heterocycles. The van der Waals surface area contributed by atoms with E-state index in [9.17, 15) is 9.59 Å². The largest absolute Gasteiger partial charge is 0.348 e. The zero-order valence-electron chi connectivity index (χ0n) is 17.5. The molecule has 0 spiro atoms. The van der Waals surface area contributed by atoms with Gasteiger partial charge in [-0.1, -0.05) is 49.6 Å². The molecular formula is C24H27N5O2. The molecule has 1 heterocycles. The van der Waals surface area contributed by atoms with E-state index >= 15 is 0 Å². The molecule has 1 aromatic heterocycles. The third kappa shape index (κ3) is 5.57. The average Bonchev–Trinajstić information content (AvgIpc) is 3.32. The van der Waals surface area contributed by atoms with Crippen LogP contribution in [0.1, 0.15) is 53.6 Å². The van der Waals surface area contributed by atoms with E-state index in [1.807, 2.05) is 30.3 Å². The highest BCUT2D eigenvalue weighted by atomic mass is 16.2. The number of rotatable bonds is 7. The maximum atomic E-state index is 12.7. The SMILES string of the molecule is O=C(NCc1ccccc1Cn1cncn1)c1cccc(NC(=O)C2CCCCC2)c1. The van der Waals surface area contributed by atoms with E-state index in [0.29, 0.717) is 24.3 Å². The first-order chi connectivity index (χ1) is 15.2. The first-order valence-electron chi connectivity index (χ1n) is 10.8. The van der Waals surface area contributed by atoms with Crippen LogP contribution in [0.4, 0.5) is 5.69 Å². The van der Waals surface area contributed by atoms with Crippen molar-refractivity contribution in [1.82, 2.24) is 20.1 Å². The van der Waals surface area contributed by atoms with Crippen molar-refractivity contribution in [3.8, 4) is 0 Å². The zero-order valence-corrected chi connectivity index (χ0v) is 17.5. The summed E-state index contributed by atoms with van der Waals surface area (Å²) in [5, 5.41) is 10.1. The predicted octanol–water partition coefficient (Wildman–Crippen LogP) is 3.78. The molecule has 2 aromatic carbocycles. The molecule has 1 aliphatic carbocycles. The van der Waals surface area contributed by atoms with E-state index in [1.54, 1.807) is 29.2 Å². The highest BCUT2D eigenvalue weighted by Gasteiger charge is 2.21. The fourth-order valence-corrected chi connectivity index (χ4v) is 4.00. The van der Waals surface area contributed by atoms with Crippen molar-refractivity contribution in [3.05, 3.63) is 77.9 Å². The Bertz CT molecular complexity index is 1030. The van der Waals surface area contributed by atoms with Crippen LogP contribution in [0.2, 0.25) is 0 Å². The van der Waals surface area contributed by atoms with Gasteiger partial charge in [0.05, 0.1) is 6.54 Å². The molecule has 0 atom stereocenters. The Balaban J connectivity index is 1.37. The number of amides is 2. The number of aromatic nitrogens is 3. The topological polar surface area (TPSA) is 88.9 Å². The molecule has 7 nitrogen and oxygen atoms in total. The third-order valence-electron chi connectivity index (χ3n) is 5.72. The van der Waals surface area contributed by atoms with E-state index in [4.69, 9.17) is 0 Å². The van der Waals surface area contributed by atoms with Crippen LogP contribution < -0.4 is 10.6 Å². The smallest absolute Gasteiger partial charge is 0.251 e. The van der Waals surface area contributed by atoms with Crippen LogP contribution in [0.3, 0.4) is 0 Å². The third-order valence-corrected chi connectivity index (χ3v) is 5.72. The number of nitrogens with zero attached hydrogens (tertiary/aromatic N) is 3. The first-order valence-corrected chi connectivity index (χ1v) is 10.8. The van der Waals surface area contributed by atoms with Crippen molar-refractivity contribution >= 4 is 17.5 Å². The van der Waals surface area contributed by atoms with Gasteiger partial charge in [0.1, 0.15) is 12.7 Å². The fourth-order valence-electron chi connectivity index (χ4n) is 4.00. The second-order valence-corrected chi connectivity index (χ2v) is 7.95. The minimum atomic E-state index is -0.177. The van der Waals surface area contributed by atoms with Crippen molar-refractivity contribution in [2.75, 3.05) is 5.32 Å². The molecule has 7 heteroatoms. The Morgan fingerprint density at radius 2 is 1.81 bits per heavy atom. The van der Waals surface area contributed by atoms with Crippen LogP contribution in [-0.4, -0.2) is 26.6 Å². The molecule has 0 bridgehead atoms. The van der Waals surface area contributed by atoms with E-state index < -0.39 is 0 Å². The molecule has 1 saturated carbocycles. The molecule has 2 amide bonds. The van der Waals surface area contributed by atoms with Gasteiger partial charge in [0.2, 0.25) is 5.91 Å². The van der Waals surface area contributed by atoms with Crippen LogP contribution in [0, 0.1) is 5.92 Å². The minimum Gasteiger partial charge on any atom is -0.348 e. The summed E-state index contributed by atoms with van der Waals surface area (Å²) in [4.78, 5) is 29.2. The molecule has 3 aromatic rings. The van der Waals surface area contributed by atoms with Crippen LogP contribution in [0.5, 0.6) is 0 Å². The maximum absolute atomic E-state index is 12.7. The first kappa shape index (κ1) is 20.8. The lowest BCUT2D eigenvalue weighted by Gasteiger charge is -2.20. The summed E-state index contributed by atoms with van der Waals surface area (Å²) in [5.41, 5.74) is 3.28. The van der Waals surface area contributed by atoms with Gasteiger partial charge in [-0.3, -0.25) is 9.59 Å². The average molecular weight is 418 g/mol. The monoisotopic (exact) mass is 417 g/mol. The minimum absolute atomic E-state index is 0.0549. The number of hydrogen-bond acceptors (Lipinski definition) is 4. The number of carbonyl (C=O) groups excluding carboxylic acids is 2. The summed E-state index contributed by atoms with van der Waals surface area (Å²) in [6.45, 7) is 0.997. The number of nitrogens with one attached hydrogen (secondary N) is 2. The normalized spacial score (nSPS) is 14.2. The van der Waals surface area contributed by atoms with Crippen LogP contribution in [0.15, 0.2) is 61.2 Å². The van der Waals surface area contributed by atoms with Gasteiger partial charge in [0.25, 0.3) is 5.91 Å². The number of benzene rings is 2. The lowest BCUT2D eigenvalue weighted by atomic mass is 9.88. The Morgan fingerprint density at radius 1 is 1.00 bits per heavy atom. The van der Waals surface area contributed by atoms with Crippen molar-refractivity contribution in [3.63, 3.8) is 0 Å². The predicted molar refractivity (Wildman–Crippen MR) is 118 cm³/mol. The Kier molecular flexibility index (Phi) is 6.72. The van der Waals surface area contributed by atoms with Gasteiger partial charge in [-0.05, 0) is 42.2 Å². The van der Waals surface area contributed by atoms with Gasteiger partial charge in [-0.15, -0.1) is 0 Å². The van der Waals surface area contributed by atoms with Gasteiger partial charge >= 0.3 is 0 Å². The van der Waals surface area contributed by atoms with E-state index in [1.165, 1.54) is 12.7 Å². The van der Waals surface area contributed by atoms with Gasteiger partial charge in [-0.25, -0.2) is 9.67 Å². The Morgan fingerprint density at radius 3 is 2.58 bits per heavy atom. The standard InChI is InChI=1S/C24H27N5O2/c30-23(26-14-20-9-4-5-10-21(20)15-29-17-25-16-27-29)19-11-6-12-22(13-19)28-24(31)18-7-2-1-3-8-18/h4-6,9-13,16-18H,1-3,7-8,14-15H2,(H,26,30)(H,28,31). The van der Waals surface area contributed by atoms with E-state index in [-0.39, 0.29) is 17.7 Å². The highest BCUT2D eigenvalue weighted by molar-refractivity contribution is 5.97. The molecule has 4 rings (SSSR count). The van der Waals surface area contributed by atoms with Crippen LogP contribution >= 0.6 is 0 Å². The molecule has 0 saturated heterocycles. The van der Waals surface area contributed by atoms with E-state index in [0.717, 1.165) is 36.8 Å². The zero-order chi connectivity index (χ0) is 21.5. The molecule has 2 N–H and O–H groups in total. The molecule has 160 valence electrons. The summed E-state index contributed by atoms with van der Waals surface area (Å²) < 4.78 is 1.75. The van der Waals surface area contributed by atoms with Crippen LogP contribution in [-0.2, 0) is 17.9 Å². The molecule has 0 unspecified atom stereocenters. The van der Waals surface area contributed by atoms with Gasteiger partial charge in [0.15, 0.2) is 0 Å². The van der Waals surface area contributed by atoms with Crippen molar-refractivity contribution < 1.29 is 9.59 Å². The second kappa shape index (κ2) is 10.0. The summed E-state index contributed by atoms with van der Waals surface area (Å²) in [7, 11) is 0.